The molecule has 0 aromatic carbocycles. The van der Waals surface area contributed by atoms with Gasteiger partial charge in [0.1, 0.15) is 0 Å². The van der Waals surface area contributed by atoms with E-state index in [1.807, 2.05) is 0 Å². The van der Waals surface area contributed by atoms with E-state index in [0.29, 0.717) is 6.54 Å². The van der Waals surface area contributed by atoms with Crippen LogP contribution in [0.25, 0.3) is 0 Å². The van der Waals surface area contributed by atoms with Crippen molar-refractivity contribution in [3.05, 3.63) is 23.0 Å². The summed E-state index contributed by atoms with van der Waals surface area (Å²) >= 11 is 0. The van der Waals surface area contributed by atoms with Crippen LogP contribution in [-0.4, -0.2) is 22.6 Å². The fourth-order valence-corrected chi connectivity index (χ4v) is 1.58. The first kappa shape index (κ1) is 8.96. The molecule has 4 N–H and O–H groups in total. The molecule has 0 amide bonds. The number of hydrogen-bond acceptors (Lipinski definition) is 4. The number of hydrogen-bond donors (Lipinski definition) is 3. The lowest BCUT2D eigenvalue weighted by Crippen LogP contribution is -2.25. The normalized spacial score (nSPS) is 14.9. The van der Waals surface area contributed by atoms with Gasteiger partial charge >= 0.3 is 5.97 Å². The minimum atomic E-state index is -1.07. The van der Waals surface area contributed by atoms with E-state index in [4.69, 9.17) is 10.8 Å². The Balaban J connectivity index is 2.50. The van der Waals surface area contributed by atoms with Crippen molar-refractivity contribution in [3.8, 4) is 0 Å². The number of carboxylic acids is 1. The number of carbonyl (C=O) groups is 1. The summed E-state index contributed by atoms with van der Waals surface area (Å²) in [7, 11) is 0. The molecular formula is C9H11N3O2. The average molecular weight is 193 g/mol. The summed E-state index contributed by atoms with van der Waals surface area (Å²) in [5.41, 5.74) is 7.62. The SMILES string of the molecule is Nc1cc2c(nc1C(=O)O)CCNC2. The summed E-state index contributed by atoms with van der Waals surface area (Å²) in [5, 5.41) is 12.0. The Morgan fingerprint density at radius 1 is 1.64 bits per heavy atom. The van der Waals surface area contributed by atoms with Crippen LogP contribution in [0.5, 0.6) is 0 Å². The molecule has 5 nitrogen and oxygen atoms in total. The Labute approximate surface area is 81.0 Å². The van der Waals surface area contributed by atoms with E-state index in [1.165, 1.54) is 0 Å². The molecule has 0 fully saturated rings. The fraction of sp³-hybridized carbons (Fsp3) is 0.333. The molecule has 74 valence electrons. The van der Waals surface area contributed by atoms with Gasteiger partial charge in [-0.3, -0.25) is 0 Å². The first-order chi connectivity index (χ1) is 6.68. The zero-order valence-electron chi connectivity index (χ0n) is 7.58. The van der Waals surface area contributed by atoms with Crippen molar-refractivity contribution < 1.29 is 9.90 Å². The van der Waals surface area contributed by atoms with Crippen molar-refractivity contribution in [2.24, 2.45) is 0 Å². The number of nitrogens with one attached hydrogen (secondary N) is 1. The van der Waals surface area contributed by atoms with Gasteiger partial charge in [0, 0.05) is 25.2 Å². The highest BCUT2D eigenvalue weighted by Crippen LogP contribution is 2.18. The summed E-state index contributed by atoms with van der Waals surface area (Å²) in [6.07, 6.45) is 0.760. The van der Waals surface area contributed by atoms with Crippen LogP contribution in [0.15, 0.2) is 6.07 Å². The van der Waals surface area contributed by atoms with Gasteiger partial charge in [0.25, 0.3) is 0 Å². The van der Waals surface area contributed by atoms with Gasteiger partial charge in [-0.05, 0) is 11.6 Å². The molecule has 1 aliphatic heterocycles. The first-order valence-electron chi connectivity index (χ1n) is 4.41. The van der Waals surface area contributed by atoms with Crippen LogP contribution in [0, 0.1) is 0 Å². The third-order valence-corrected chi connectivity index (χ3v) is 2.28. The summed E-state index contributed by atoms with van der Waals surface area (Å²) < 4.78 is 0. The number of nitrogen functional groups attached to an aromatic ring is 1. The molecule has 1 aromatic heterocycles. The lowest BCUT2D eigenvalue weighted by atomic mass is 10.1. The Morgan fingerprint density at radius 3 is 3.14 bits per heavy atom. The van der Waals surface area contributed by atoms with E-state index >= 15 is 0 Å². The van der Waals surface area contributed by atoms with Gasteiger partial charge in [-0.15, -0.1) is 0 Å². The monoisotopic (exact) mass is 193 g/mol. The van der Waals surface area contributed by atoms with E-state index in [-0.39, 0.29) is 11.4 Å². The molecule has 0 atom stereocenters. The lowest BCUT2D eigenvalue weighted by molar-refractivity contribution is 0.0691. The predicted molar refractivity (Wildman–Crippen MR) is 51.0 cm³/mol. The fourth-order valence-electron chi connectivity index (χ4n) is 1.58. The maximum Gasteiger partial charge on any atom is 0.356 e. The van der Waals surface area contributed by atoms with Gasteiger partial charge in [-0.1, -0.05) is 0 Å². The smallest absolute Gasteiger partial charge is 0.356 e. The van der Waals surface area contributed by atoms with Crippen molar-refractivity contribution in [2.45, 2.75) is 13.0 Å². The second kappa shape index (κ2) is 3.26. The molecule has 0 spiro atoms. The van der Waals surface area contributed by atoms with Gasteiger partial charge in [-0.2, -0.15) is 0 Å². The summed E-state index contributed by atoms with van der Waals surface area (Å²) in [5.74, 6) is -1.07. The summed E-state index contributed by atoms with van der Waals surface area (Å²) in [6.45, 7) is 1.55. The van der Waals surface area contributed by atoms with Crippen LogP contribution in [0.3, 0.4) is 0 Å². The highest BCUT2D eigenvalue weighted by atomic mass is 16.4. The molecule has 1 aromatic rings. The zero-order chi connectivity index (χ0) is 10.1. The Morgan fingerprint density at radius 2 is 2.43 bits per heavy atom. The number of nitrogens with zero attached hydrogens (tertiary/aromatic N) is 1. The molecule has 5 heteroatoms. The van der Waals surface area contributed by atoms with Gasteiger partial charge in [0.2, 0.25) is 0 Å². The van der Waals surface area contributed by atoms with E-state index < -0.39 is 5.97 Å². The number of pyridine rings is 1. The van der Waals surface area contributed by atoms with Gasteiger partial charge in [-0.25, -0.2) is 9.78 Å². The third-order valence-electron chi connectivity index (χ3n) is 2.28. The van der Waals surface area contributed by atoms with Crippen LogP contribution < -0.4 is 11.1 Å². The number of nitrogens with two attached hydrogens (primary N) is 1. The van der Waals surface area contributed by atoms with Crippen molar-refractivity contribution in [2.75, 3.05) is 12.3 Å². The van der Waals surface area contributed by atoms with Gasteiger partial charge < -0.3 is 16.2 Å². The topological polar surface area (TPSA) is 88.2 Å². The van der Waals surface area contributed by atoms with Crippen molar-refractivity contribution >= 4 is 11.7 Å². The minimum absolute atomic E-state index is 0.0364. The van der Waals surface area contributed by atoms with Crippen molar-refractivity contribution in [1.82, 2.24) is 10.3 Å². The molecule has 2 heterocycles. The Bertz CT molecular complexity index is 390. The standard InChI is InChI=1S/C9H11N3O2/c10-6-3-5-4-11-2-1-7(5)12-8(6)9(13)14/h3,11H,1-2,4,10H2,(H,13,14). The molecule has 0 aliphatic carbocycles. The van der Waals surface area contributed by atoms with E-state index in [9.17, 15) is 4.79 Å². The summed E-state index contributed by atoms with van der Waals surface area (Å²) in [6, 6.07) is 1.69. The second-order valence-corrected chi connectivity index (χ2v) is 3.26. The molecule has 2 rings (SSSR count). The molecule has 0 bridgehead atoms. The Kier molecular flexibility index (Phi) is 2.09. The predicted octanol–water partition coefficient (Wildman–Crippen LogP) is 0.00770. The third kappa shape index (κ3) is 1.42. The maximum atomic E-state index is 10.7. The molecule has 0 saturated heterocycles. The first-order valence-corrected chi connectivity index (χ1v) is 4.41. The highest BCUT2D eigenvalue weighted by molar-refractivity contribution is 5.91. The molecule has 0 radical (unpaired) electrons. The van der Waals surface area contributed by atoms with Crippen LogP contribution in [-0.2, 0) is 13.0 Å². The number of aromatic carboxylic acids is 1. The lowest BCUT2D eigenvalue weighted by Gasteiger charge is -2.17. The molecular weight excluding hydrogens is 182 g/mol. The van der Waals surface area contributed by atoms with Crippen LogP contribution in [0.4, 0.5) is 5.69 Å². The summed E-state index contributed by atoms with van der Waals surface area (Å²) in [4.78, 5) is 14.8. The number of fused-ring (bicyclic) bond motifs is 1. The quantitative estimate of drug-likeness (QED) is 0.584. The molecule has 0 unspecified atom stereocenters. The molecule has 1 aliphatic rings. The molecule has 0 saturated carbocycles. The highest BCUT2D eigenvalue weighted by Gasteiger charge is 2.16. The number of rotatable bonds is 1. The number of anilines is 1. The van der Waals surface area contributed by atoms with E-state index in [0.717, 1.165) is 24.2 Å². The van der Waals surface area contributed by atoms with Crippen LogP contribution >= 0.6 is 0 Å². The average Bonchev–Trinajstić information content (AvgIpc) is 2.16. The zero-order valence-corrected chi connectivity index (χ0v) is 7.58. The van der Waals surface area contributed by atoms with Crippen LogP contribution in [0.2, 0.25) is 0 Å². The van der Waals surface area contributed by atoms with Gasteiger partial charge in [0.05, 0.1) is 5.69 Å². The largest absolute Gasteiger partial charge is 0.476 e. The number of carboxylic acid groups (broad SMARTS) is 1. The maximum absolute atomic E-state index is 10.7. The van der Waals surface area contributed by atoms with Crippen molar-refractivity contribution in [1.29, 1.82) is 0 Å². The minimum Gasteiger partial charge on any atom is -0.476 e. The van der Waals surface area contributed by atoms with Gasteiger partial charge in [0.15, 0.2) is 5.69 Å². The molecule has 14 heavy (non-hydrogen) atoms. The van der Waals surface area contributed by atoms with Crippen molar-refractivity contribution in [3.63, 3.8) is 0 Å². The number of aromatic nitrogens is 1. The van der Waals surface area contributed by atoms with Crippen LogP contribution in [0.1, 0.15) is 21.7 Å². The Hall–Kier alpha value is -1.62. The van der Waals surface area contributed by atoms with E-state index in [1.54, 1.807) is 6.07 Å². The van der Waals surface area contributed by atoms with E-state index in [2.05, 4.69) is 10.3 Å². The second-order valence-electron chi connectivity index (χ2n) is 3.26.